The van der Waals surface area contributed by atoms with Crippen LogP contribution in [0, 0.1) is 20.2 Å². The normalized spacial score (nSPS) is 13.8. The molecular formula is C18H19Cl2N3O7. The van der Waals surface area contributed by atoms with Crippen molar-refractivity contribution in [3.8, 4) is 11.5 Å². The second-order valence-electron chi connectivity index (χ2n) is 6.02. The highest BCUT2D eigenvalue weighted by molar-refractivity contribution is 6.34. The number of nitro groups is 2. The Morgan fingerprint density at radius 1 is 1.00 bits per heavy atom. The molecule has 3 rings (SSSR count). The molecule has 1 saturated heterocycles. The minimum atomic E-state index is -0.651. The SMILES string of the molecule is O=[N+]([O-])c1cccc(O)c1Cl.O=[N+]([O-])c1cccc(OCCN2CCOCC2)c1Cl. The van der Waals surface area contributed by atoms with E-state index in [2.05, 4.69) is 4.90 Å². The number of phenols is 1. The van der Waals surface area contributed by atoms with Gasteiger partial charge in [-0.2, -0.15) is 0 Å². The van der Waals surface area contributed by atoms with Crippen LogP contribution in [0.3, 0.4) is 0 Å². The molecule has 0 spiro atoms. The van der Waals surface area contributed by atoms with Crippen LogP contribution in [0.15, 0.2) is 36.4 Å². The predicted octanol–water partition coefficient (Wildman–Crippen LogP) is 3.91. The van der Waals surface area contributed by atoms with Gasteiger partial charge in [0.1, 0.15) is 18.1 Å². The Balaban J connectivity index is 0.000000248. The van der Waals surface area contributed by atoms with Gasteiger partial charge in [-0.05, 0) is 12.1 Å². The molecule has 0 radical (unpaired) electrons. The standard InChI is InChI=1S/C12H15ClN2O4.C6H4ClNO3/c13-12-10(15(16)17)2-1-3-11(12)19-9-6-14-4-7-18-8-5-14;7-6-4(8(10)11)2-1-3-5(6)9/h1-3H,4-9H2;1-3,9H. The summed E-state index contributed by atoms with van der Waals surface area (Å²) >= 11 is 11.3. The van der Waals surface area contributed by atoms with Crippen molar-refractivity contribution < 1.29 is 24.4 Å². The van der Waals surface area contributed by atoms with Crippen molar-refractivity contribution >= 4 is 34.6 Å². The highest BCUT2D eigenvalue weighted by Gasteiger charge is 2.17. The molecule has 12 heteroatoms. The molecule has 1 N–H and O–H groups in total. The van der Waals surface area contributed by atoms with Crippen LogP contribution in [0.1, 0.15) is 0 Å². The van der Waals surface area contributed by atoms with Gasteiger partial charge in [-0.3, -0.25) is 25.1 Å². The van der Waals surface area contributed by atoms with E-state index in [0.717, 1.165) is 32.8 Å². The average molecular weight is 460 g/mol. The number of phenolic OH excluding ortho intramolecular Hbond substituents is 1. The number of hydrogen-bond acceptors (Lipinski definition) is 8. The Bertz CT molecular complexity index is 892. The lowest BCUT2D eigenvalue weighted by atomic mass is 10.3. The van der Waals surface area contributed by atoms with E-state index in [1.165, 1.54) is 24.3 Å². The van der Waals surface area contributed by atoms with Crippen molar-refractivity contribution in [2.45, 2.75) is 0 Å². The first-order valence-corrected chi connectivity index (χ1v) is 9.54. The molecule has 0 amide bonds. The van der Waals surface area contributed by atoms with Crippen LogP contribution in [-0.2, 0) is 4.74 Å². The number of benzene rings is 2. The summed E-state index contributed by atoms with van der Waals surface area (Å²) in [6.07, 6.45) is 0. The van der Waals surface area contributed by atoms with Gasteiger partial charge in [0.05, 0.1) is 23.1 Å². The quantitative estimate of drug-likeness (QED) is 0.508. The molecule has 10 nitrogen and oxygen atoms in total. The number of halogens is 2. The van der Waals surface area contributed by atoms with E-state index in [0.29, 0.717) is 12.4 Å². The molecule has 2 aromatic rings. The van der Waals surface area contributed by atoms with E-state index in [1.807, 2.05) is 0 Å². The van der Waals surface area contributed by atoms with Crippen molar-refractivity contribution in [3.63, 3.8) is 0 Å². The second-order valence-corrected chi connectivity index (χ2v) is 6.77. The van der Waals surface area contributed by atoms with Gasteiger partial charge in [0.25, 0.3) is 11.4 Å². The van der Waals surface area contributed by atoms with E-state index in [9.17, 15) is 20.2 Å². The van der Waals surface area contributed by atoms with Crippen LogP contribution in [0.2, 0.25) is 10.0 Å². The molecule has 0 saturated carbocycles. The van der Waals surface area contributed by atoms with Crippen LogP contribution in [0.25, 0.3) is 0 Å². The molecule has 0 aromatic heterocycles. The fourth-order valence-corrected chi connectivity index (χ4v) is 2.95. The maximum absolute atomic E-state index is 10.7. The molecule has 162 valence electrons. The largest absolute Gasteiger partial charge is 0.506 e. The van der Waals surface area contributed by atoms with Gasteiger partial charge in [-0.1, -0.05) is 35.3 Å². The van der Waals surface area contributed by atoms with E-state index >= 15 is 0 Å². The first kappa shape index (κ1) is 23.6. The number of morpholine rings is 1. The van der Waals surface area contributed by atoms with Gasteiger partial charge < -0.3 is 14.6 Å². The summed E-state index contributed by atoms with van der Waals surface area (Å²) < 4.78 is 10.8. The van der Waals surface area contributed by atoms with E-state index in [4.69, 9.17) is 37.8 Å². The van der Waals surface area contributed by atoms with Gasteiger partial charge in [0.2, 0.25) is 0 Å². The number of aromatic hydroxyl groups is 1. The summed E-state index contributed by atoms with van der Waals surface area (Å²) in [5, 5.41) is 29.7. The summed E-state index contributed by atoms with van der Waals surface area (Å²) in [5.74, 6) is 0.0741. The van der Waals surface area contributed by atoms with Crippen LogP contribution in [0.5, 0.6) is 11.5 Å². The van der Waals surface area contributed by atoms with Gasteiger partial charge in [0, 0.05) is 31.8 Å². The maximum Gasteiger partial charge on any atom is 0.291 e. The number of ether oxygens (including phenoxy) is 2. The fourth-order valence-electron chi connectivity index (χ4n) is 2.51. The van der Waals surface area contributed by atoms with Crippen molar-refractivity contribution in [1.29, 1.82) is 0 Å². The highest BCUT2D eigenvalue weighted by Crippen LogP contribution is 2.33. The number of nitrogens with zero attached hydrogens (tertiary/aromatic N) is 3. The van der Waals surface area contributed by atoms with Gasteiger partial charge >= 0.3 is 0 Å². The minimum absolute atomic E-state index is 0.0504. The molecule has 0 bridgehead atoms. The zero-order valence-corrected chi connectivity index (χ0v) is 17.2. The Hall–Kier alpha value is -2.66. The Morgan fingerprint density at radius 3 is 2.13 bits per heavy atom. The third-order valence-electron chi connectivity index (χ3n) is 4.06. The first-order chi connectivity index (χ1) is 14.3. The van der Waals surface area contributed by atoms with Crippen LogP contribution < -0.4 is 4.74 Å². The van der Waals surface area contributed by atoms with Crippen molar-refractivity contribution in [2.24, 2.45) is 0 Å². The summed E-state index contributed by atoms with van der Waals surface area (Å²) in [6, 6.07) is 8.43. The van der Waals surface area contributed by atoms with Crippen molar-refractivity contribution in [3.05, 3.63) is 66.7 Å². The molecule has 2 aromatic carbocycles. The molecule has 30 heavy (non-hydrogen) atoms. The Labute approximate surface area is 181 Å². The number of hydrogen-bond donors (Lipinski definition) is 1. The molecule has 1 aliphatic heterocycles. The zero-order valence-electron chi connectivity index (χ0n) is 15.7. The molecule has 1 aliphatic rings. The summed E-state index contributed by atoms with van der Waals surface area (Å²) in [6.45, 7) is 4.43. The van der Waals surface area contributed by atoms with Crippen LogP contribution in [0.4, 0.5) is 11.4 Å². The molecule has 0 unspecified atom stereocenters. The van der Waals surface area contributed by atoms with E-state index < -0.39 is 9.85 Å². The minimum Gasteiger partial charge on any atom is -0.506 e. The lowest BCUT2D eigenvalue weighted by molar-refractivity contribution is -0.384. The topological polar surface area (TPSA) is 128 Å². The maximum atomic E-state index is 10.7. The third kappa shape index (κ3) is 6.70. The van der Waals surface area contributed by atoms with Crippen molar-refractivity contribution in [1.82, 2.24) is 4.90 Å². The third-order valence-corrected chi connectivity index (χ3v) is 4.83. The summed E-state index contributed by atoms with van der Waals surface area (Å²) in [5.41, 5.74) is -0.419. The summed E-state index contributed by atoms with van der Waals surface area (Å²) in [4.78, 5) is 22.0. The van der Waals surface area contributed by atoms with Crippen molar-refractivity contribution in [2.75, 3.05) is 39.5 Å². The number of nitro benzene ring substituents is 2. The van der Waals surface area contributed by atoms with E-state index in [-0.39, 0.29) is 27.2 Å². The first-order valence-electron chi connectivity index (χ1n) is 8.79. The van der Waals surface area contributed by atoms with Crippen LogP contribution in [-0.4, -0.2) is 59.3 Å². The lowest BCUT2D eigenvalue weighted by Gasteiger charge is -2.26. The molecule has 1 fully saturated rings. The number of rotatable bonds is 6. The van der Waals surface area contributed by atoms with Crippen LogP contribution >= 0.6 is 23.2 Å². The predicted molar refractivity (Wildman–Crippen MR) is 111 cm³/mol. The molecule has 1 heterocycles. The molecule has 0 aliphatic carbocycles. The molecule has 0 atom stereocenters. The van der Waals surface area contributed by atoms with Gasteiger partial charge in [-0.15, -0.1) is 0 Å². The molecular weight excluding hydrogens is 441 g/mol. The highest BCUT2D eigenvalue weighted by atomic mass is 35.5. The van der Waals surface area contributed by atoms with Gasteiger partial charge in [0.15, 0.2) is 10.0 Å². The lowest BCUT2D eigenvalue weighted by Crippen LogP contribution is -2.38. The monoisotopic (exact) mass is 459 g/mol. The zero-order chi connectivity index (χ0) is 22.1. The van der Waals surface area contributed by atoms with Gasteiger partial charge in [-0.25, -0.2) is 0 Å². The fraction of sp³-hybridized carbons (Fsp3) is 0.333. The Morgan fingerprint density at radius 2 is 1.57 bits per heavy atom. The summed E-state index contributed by atoms with van der Waals surface area (Å²) in [7, 11) is 0. The van der Waals surface area contributed by atoms with E-state index in [1.54, 1.807) is 12.1 Å². The Kier molecular flexibility index (Phi) is 9.06. The smallest absolute Gasteiger partial charge is 0.291 e. The average Bonchev–Trinajstić information content (AvgIpc) is 2.72. The second kappa shape index (κ2) is 11.5.